The Labute approximate surface area is 116 Å². The van der Waals surface area contributed by atoms with Gasteiger partial charge in [0.25, 0.3) is 0 Å². The molecule has 1 aliphatic carbocycles. The molecule has 2 N–H and O–H groups in total. The molecule has 2 aliphatic rings. The van der Waals surface area contributed by atoms with Crippen molar-refractivity contribution in [2.24, 2.45) is 0 Å². The minimum Gasteiger partial charge on any atom is -0.486 e. The van der Waals surface area contributed by atoms with Crippen molar-refractivity contribution >= 4 is 5.82 Å². The van der Waals surface area contributed by atoms with E-state index in [2.05, 4.69) is 9.97 Å². The van der Waals surface area contributed by atoms with Crippen LogP contribution in [0.5, 0.6) is 11.5 Å². The van der Waals surface area contributed by atoms with Crippen LogP contribution in [-0.2, 0) is 0 Å². The van der Waals surface area contributed by atoms with E-state index < -0.39 is 0 Å². The maximum Gasteiger partial charge on any atom is 0.162 e. The van der Waals surface area contributed by atoms with Crippen molar-refractivity contribution in [1.29, 1.82) is 0 Å². The number of hydrogen-bond donors (Lipinski definition) is 1. The van der Waals surface area contributed by atoms with E-state index in [4.69, 9.17) is 15.2 Å². The normalized spacial score (nSPS) is 17.0. The zero-order chi connectivity index (χ0) is 13.5. The standard InChI is InChI=1S/C15H15N3O2/c16-14-8-11(9-1-2-9)17-15(18-14)10-3-4-12-13(7-10)20-6-5-19-12/h3-4,7-9H,1-2,5-6H2,(H2,16,17,18). The molecule has 5 heteroatoms. The first-order valence-corrected chi connectivity index (χ1v) is 6.84. The fourth-order valence-electron chi connectivity index (χ4n) is 2.39. The van der Waals surface area contributed by atoms with Crippen LogP contribution in [0.2, 0.25) is 0 Å². The van der Waals surface area contributed by atoms with Gasteiger partial charge in [0.1, 0.15) is 19.0 Å². The van der Waals surface area contributed by atoms with Crippen molar-refractivity contribution in [2.75, 3.05) is 18.9 Å². The van der Waals surface area contributed by atoms with Crippen LogP contribution in [0.3, 0.4) is 0 Å². The third kappa shape index (κ3) is 2.05. The Balaban J connectivity index is 1.76. The molecule has 0 amide bonds. The number of nitrogens with zero attached hydrogens (tertiary/aromatic N) is 2. The summed E-state index contributed by atoms with van der Waals surface area (Å²) < 4.78 is 11.1. The summed E-state index contributed by atoms with van der Waals surface area (Å²) >= 11 is 0. The molecule has 1 fully saturated rings. The van der Waals surface area contributed by atoms with Gasteiger partial charge in [0.05, 0.1) is 0 Å². The molecule has 1 saturated carbocycles. The Kier molecular flexibility index (Phi) is 2.52. The molecule has 5 nitrogen and oxygen atoms in total. The number of benzene rings is 1. The molecule has 1 aliphatic heterocycles. The number of nitrogens with two attached hydrogens (primary N) is 1. The molecule has 2 heterocycles. The Bertz CT molecular complexity index is 668. The van der Waals surface area contributed by atoms with Crippen molar-refractivity contribution < 1.29 is 9.47 Å². The summed E-state index contributed by atoms with van der Waals surface area (Å²) in [4.78, 5) is 8.96. The lowest BCUT2D eigenvalue weighted by atomic mass is 10.1. The average molecular weight is 269 g/mol. The topological polar surface area (TPSA) is 70.3 Å². The number of rotatable bonds is 2. The van der Waals surface area contributed by atoms with Gasteiger partial charge in [-0.15, -0.1) is 0 Å². The van der Waals surface area contributed by atoms with E-state index >= 15 is 0 Å². The van der Waals surface area contributed by atoms with Crippen molar-refractivity contribution in [1.82, 2.24) is 9.97 Å². The van der Waals surface area contributed by atoms with E-state index in [-0.39, 0.29) is 0 Å². The van der Waals surface area contributed by atoms with Crippen LogP contribution < -0.4 is 15.2 Å². The summed E-state index contributed by atoms with van der Waals surface area (Å²) in [5.74, 6) is 3.24. The fraction of sp³-hybridized carbons (Fsp3) is 0.333. The molecule has 0 bridgehead atoms. The fourth-order valence-corrected chi connectivity index (χ4v) is 2.39. The van der Waals surface area contributed by atoms with E-state index in [9.17, 15) is 0 Å². The number of fused-ring (bicyclic) bond motifs is 1. The Morgan fingerprint density at radius 3 is 2.60 bits per heavy atom. The summed E-state index contributed by atoms with van der Waals surface area (Å²) in [7, 11) is 0. The van der Waals surface area contributed by atoms with Crippen molar-refractivity contribution in [2.45, 2.75) is 18.8 Å². The highest BCUT2D eigenvalue weighted by Crippen LogP contribution is 2.40. The largest absolute Gasteiger partial charge is 0.486 e. The quantitative estimate of drug-likeness (QED) is 0.906. The van der Waals surface area contributed by atoms with Gasteiger partial charge in [-0.2, -0.15) is 0 Å². The van der Waals surface area contributed by atoms with Gasteiger partial charge >= 0.3 is 0 Å². The molecule has 1 aromatic carbocycles. The van der Waals surface area contributed by atoms with Crippen LogP contribution in [0.25, 0.3) is 11.4 Å². The predicted molar refractivity (Wildman–Crippen MR) is 74.8 cm³/mol. The first-order valence-electron chi connectivity index (χ1n) is 6.84. The molecule has 4 rings (SSSR count). The Hall–Kier alpha value is -2.30. The number of anilines is 1. The number of ether oxygens (including phenoxy) is 2. The first kappa shape index (κ1) is 11.5. The summed E-state index contributed by atoms with van der Waals surface area (Å²) in [6, 6.07) is 7.63. The molecule has 0 spiro atoms. The minimum absolute atomic E-state index is 0.520. The lowest BCUT2D eigenvalue weighted by Gasteiger charge is -2.18. The highest BCUT2D eigenvalue weighted by atomic mass is 16.6. The van der Waals surface area contributed by atoms with Crippen LogP contribution in [-0.4, -0.2) is 23.2 Å². The summed E-state index contributed by atoms with van der Waals surface area (Å²) in [5, 5.41) is 0. The van der Waals surface area contributed by atoms with Gasteiger partial charge in [-0.25, -0.2) is 9.97 Å². The number of nitrogen functional groups attached to an aromatic ring is 1. The van der Waals surface area contributed by atoms with Crippen LogP contribution in [0.4, 0.5) is 5.82 Å². The molecule has 102 valence electrons. The van der Waals surface area contributed by atoms with Crippen molar-refractivity contribution in [3.8, 4) is 22.9 Å². The summed E-state index contributed by atoms with van der Waals surface area (Å²) in [6.07, 6.45) is 2.38. The van der Waals surface area contributed by atoms with Gasteiger partial charge in [0.2, 0.25) is 0 Å². The summed E-state index contributed by atoms with van der Waals surface area (Å²) in [6.45, 7) is 1.16. The van der Waals surface area contributed by atoms with E-state index in [0.717, 1.165) is 22.8 Å². The Morgan fingerprint density at radius 2 is 1.80 bits per heavy atom. The second-order valence-corrected chi connectivity index (χ2v) is 5.17. The SMILES string of the molecule is Nc1cc(C2CC2)nc(-c2ccc3c(c2)OCCO3)n1. The Morgan fingerprint density at radius 1 is 1.00 bits per heavy atom. The van der Waals surface area contributed by atoms with Crippen molar-refractivity contribution in [3.05, 3.63) is 30.0 Å². The number of hydrogen-bond acceptors (Lipinski definition) is 5. The lowest BCUT2D eigenvalue weighted by Crippen LogP contribution is -2.15. The highest BCUT2D eigenvalue weighted by molar-refractivity contribution is 5.62. The van der Waals surface area contributed by atoms with Crippen LogP contribution in [0.1, 0.15) is 24.5 Å². The molecule has 0 radical (unpaired) electrons. The molecule has 2 aromatic rings. The zero-order valence-corrected chi connectivity index (χ0v) is 11.0. The van der Waals surface area contributed by atoms with Crippen molar-refractivity contribution in [3.63, 3.8) is 0 Å². The van der Waals surface area contributed by atoms with Crippen LogP contribution >= 0.6 is 0 Å². The average Bonchev–Trinajstić information content (AvgIpc) is 3.31. The zero-order valence-electron chi connectivity index (χ0n) is 11.0. The van der Waals surface area contributed by atoms with Gasteiger partial charge in [0, 0.05) is 23.2 Å². The van der Waals surface area contributed by atoms with E-state index in [1.54, 1.807) is 0 Å². The maximum absolute atomic E-state index is 5.89. The smallest absolute Gasteiger partial charge is 0.162 e. The number of aromatic nitrogens is 2. The minimum atomic E-state index is 0.520. The molecule has 0 unspecified atom stereocenters. The highest BCUT2D eigenvalue weighted by Gasteiger charge is 2.26. The van der Waals surface area contributed by atoms with Gasteiger partial charge in [-0.3, -0.25) is 0 Å². The molecule has 1 aromatic heterocycles. The molecule has 0 saturated heterocycles. The summed E-state index contributed by atoms with van der Waals surface area (Å²) in [5.41, 5.74) is 7.84. The monoisotopic (exact) mass is 269 g/mol. The third-order valence-electron chi connectivity index (χ3n) is 3.56. The second kappa shape index (κ2) is 4.37. The second-order valence-electron chi connectivity index (χ2n) is 5.17. The molecule has 0 atom stereocenters. The predicted octanol–water partition coefficient (Wildman–Crippen LogP) is 2.37. The van der Waals surface area contributed by atoms with E-state index in [0.29, 0.717) is 30.8 Å². The van der Waals surface area contributed by atoms with Gasteiger partial charge in [-0.1, -0.05) is 0 Å². The van der Waals surface area contributed by atoms with E-state index in [1.807, 2.05) is 24.3 Å². The molecular weight excluding hydrogens is 254 g/mol. The third-order valence-corrected chi connectivity index (χ3v) is 3.56. The molecule has 20 heavy (non-hydrogen) atoms. The molecular formula is C15H15N3O2. The maximum atomic E-state index is 5.89. The van der Waals surface area contributed by atoms with Crippen LogP contribution in [0.15, 0.2) is 24.3 Å². The first-order chi connectivity index (χ1) is 9.79. The van der Waals surface area contributed by atoms with Gasteiger partial charge < -0.3 is 15.2 Å². The lowest BCUT2D eigenvalue weighted by molar-refractivity contribution is 0.171. The van der Waals surface area contributed by atoms with Crippen LogP contribution in [0, 0.1) is 0 Å². The van der Waals surface area contributed by atoms with E-state index in [1.165, 1.54) is 12.8 Å². The van der Waals surface area contributed by atoms with Gasteiger partial charge in [0.15, 0.2) is 17.3 Å². The van der Waals surface area contributed by atoms with Gasteiger partial charge in [-0.05, 0) is 31.0 Å².